The largest absolute Gasteiger partial charge is 0.406 e. The summed E-state index contributed by atoms with van der Waals surface area (Å²) in [6.45, 7) is 6.01. The predicted octanol–water partition coefficient (Wildman–Crippen LogP) is 3.41. The zero-order valence-electron chi connectivity index (χ0n) is 12.3. The number of rotatable bonds is 8. The van der Waals surface area contributed by atoms with Crippen molar-refractivity contribution < 1.29 is 4.92 Å². The molecule has 0 amide bonds. The van der Waals surface area contributed by atoms with Gasteiger partial charge in [-0.2, -0.15) is 0 Å². The van der Waals surface area contributed by atoms with Gasteiger partial charge in [0.25, 0.3) is 0 Å². The maximum Gasteiger partial charge on any atom is 0.406 e. The summed E-state index contributed by atoms with van der Waals surface area (Å²) in [7, 11) is 1.79. The van der Waals surface area contributed by atoms with E-state index in [0.717, 1.165) is 12.8 Å². The Bertz CT molecular complexity index is 429. The van der Waals surface area contributed by atoms with Crippen LogP contribution in [0.2, 0.25) is 0 Å². The van der Waals surface area contributed by atoms with Crippen LogP contribution in [0.25, 0.3) is 0 Å². The summed E-state index contributed by atoms with van der Waals surface area (Å²) in [4.78, 5) is 14.5. The van der Waals surface area contributed by atoms with Crippen molar-refractivity contribution in [2.45, 2.75) is 58.9 Å². The highest BCUT2D eigenvalue weighted by atomic mass is 16.6. The van der Waals surface area contributed by atoms with Gasteiger partial charge in [0.15, 0.2) is 0 Å². The summed E-state index contributed by atoms with van der Waals surface area (Å²) in [6, 6.07) is 0.213. The van der Waals surface area contributed by atoms with Crippen molar-refractivity contribution in [2.24, 2.45) is 7.05 Å². The van der Waals surface area contributed by atoms with Crippen LogP contribution in [0.4, 0.5) is 11.6 Å². The fourth-order valence-corrected chi connectivity index (χ4v) is 2.06. The van der Waals surface area contributed by atoms with Crippen LogP contribution in [-0.2, 0) is 7.05 Å². The smallest absolute Gasteiger partial charge is 0.362 e. The molecule has 0 spiro atoms. The Kier molecular flexibility index (Phi) is 5.79. The highest BCUT2D eigenvalue weighted by molar-refractivity contribution is 5.53. The van der Waals surface area contributed by atoms with Gasteiger partial charge in [0, 0.05) is 20.0 Å². The Hall–Kier alpha value is -1.59. The van der Waals surface area contributed by atoms with E-state index in [9.17, 15) is 10.1 Å². The maximum absolute atomic E-state index is 11.0. The molecule has 0 aliphatic carbocycles. The number of hydrogen-bond donors (Lipinski definition) is 1. The highest BCUT2D eigenvalue weighted by Crippen LogP contribution is 2.25. The van der Waals surface area contributed by atoms with Crippen LogP contribution >= 0.6 is 0 Å². The van der Waals surface area contributed by atoms with Gasteiger partial charge in [0.1, 0.15) is 0 Å². The van der Waals surface area contributed by atoms with Gasteiger partial charge in [-0.1, -0.05) is 32.6 Å². The fraction of sp³-hybridized carbons (Fsp3) is 0.769. The standard InChI is InChI=1S/C13H24N4O2/c1-5-6-7-8-9-10(2)14-12-13(17(18)19)15-11(3)16(12)4/h10,14H,5-9H2,1-4H3. The van der Waals surface area contributed by atoms with E-state index in [1.807, 2.05) is 0 Å². The van der Waals surface area contributed by atoms with Gasteiger partial charge in [0.05, 0.1) is 0 Å². The summed E-state index contributed by atoms with van der Waals surface area (Å²) in [5, 5.41) is 14.2. The number of nitro groups is 1. The minimum Gasteiger partial charge on any atom is -0.362 e. The third-order valence-corrected chi connectivity index (χ3v) is 3.35. The van der Waals surface area contributed by atoms with Crippen molar-refractivity contribution >= 4 is 11.6 Å². The molecule has 0 fully saturated rings. The topological polar surface area (TPSA) is 73.0 Å². The Morgan fingerprint density at radius 3 is 2.68 bits per heavy atom. The molecule has 0 saturated heterocycles. The predicted molar refractivity (Wildman–Crippen MR) is 76.4 cm³/mol. The number of aryl methyl sites for hydroxylation is 1. The van der Waals surface area contributed by atoms with Crippen LogP contribution in [0, 0.1) is 17.0 Å². The van der Waals surface area contributed by atoms with Crippen LogP contribution in [0.3, 0.4) is 0 Å². The van der Waals surface area contributed by atoms with Gasteiger partial charge in [-0.05, 0) is 23.3 Å². The number of unbranched alkanes of at least 4 members (excludes halogenated alkanes) is 3. The van der Waals surface area contributed by atoms with Crippen molar-refractivity contribution in [1.29, 1.82) is 0 Å². The molecule has 108 valence electrons. The van der Waals surface area contributed by atoms with Gasteiger partial charge < -0.3 is 15.4 Å². The number of anilines is 1. The van der Waals surface area contributed by atoms with Crippen LogP contribution < -0.4 is 5.32 Å². The number of imidazole rings is 1. The minimum absolute atomic E-state index is 0.0830. The normalized spacial score (nSPS) is 12.4. The zero-order valence-corrected chi connectivity index (χ0v) is 12.3. The first-order valence-electron chi connectivity index (χ1n) is 6.91. The van der Waals surface area contributed by atoms with Gasteiger partial charge in [-0.3, -0.25) is 4.57 Å². The average molecular weight is 268 g/mol. The van der Waals surface area contributed by atoms with E-state index in [0.29, 0.717) is 11.6 Å². The van der Waals surface area contributed by atoms with Crippen LogP contribution in [-0.4, -0.2) is 20.5 Å². The lowest BCUT2D eigenvalue weighted by atomic mass is 10.1. The van der Waals surface area contributed by atoms with Gasteiger partial charge in [0.2, 0.25) is 11.6 Å². The molecule has 19 heavy (non-hydrogen) atoms. The van der Waals surface area contributed by atoms with Crippen LogP contribution in [0.5, 0.6) is 0 Å². The third-order valence-electron chi connectivity index (χ3n) is 3.35. The highest BCUT2D eigenvalue weighted by Gasteiger charge is 2.24. The number of nitrogens with zero attached hydrogens (tertiary/aromatic N) is 3. The number of aromatic nitrogens is 2. The van der Waals surface area contributed by atoms with Crippen molar-refractivity contribution in [3.8, 4) is 0 Å². The van der Waals surface area contributed by atoms with E-state index >= 15 is 0 Å². The van der Waals surface area contributed by atoms with Gasteiger partial charge in [-0.15, -0.1) is 0 Å². The Labute approximate surface area is 114 Å². The molecule has 1 rings (SSSR count). The number of hydrogen-bond acceptors (Lipinski definition) is 4. The second-order valence-corrected chi connectivity index (χ2v) is 5.04. The first-order chi connectivity index (χ1) is 8.97. The molecule has 0 aliphatic rings. The molecular formula is C13H24N4O2. The molecule has 6 heteroatoms. The SMILES string of the molecule is CCCCCCC(C)Nc1c([N+](=O)[O-])nc(C)n1C. The van der Waals surface area contributed by atoms with Crippen LogP contribution in [0.1, 0.15) is 51.8 Å². The lowest BCUT2D eigenvalue weighted by Crippen LogP contribution is -2.18. The molecule has 0 aliphatic heterocycles. The Balaban J connectivity index is 2.63. The second kappa shape index (κ2) is 7.11. The molecule has 1 N–H and O–H groups in total. The summed E-state index contributed by atoms with van der Waals surface area (Å²) < 4.78 is 1.74. The van der Waals surface area contributed by atoms with E-state index in [2.05, 4.69) is 24.1 Å². The van der Waals surface area contributed by atoms with E-state index < -0.39 is 4.92 Å². The molecule has 0 saturated carbocycles. The van der Waals surface area contributed by atoms with E-state index in [1.165, 1.54) is 19.3 Å². The first kappa shape index (κ1) is 15.5. The van der Waals surface area contributed by atoms with Gasteiger partial charge >= 0.3 is 5.82 Å². The molecule has 1 atom stereocenters. The lowest BCUT2D eigenvalue weighted by molar-refractivity contribution is -0.388. The molecule has 6 nitrogen and oxygen atoms in total. The fourth-order valence-electron chi connectivity index (χ4n) is 2.06. The molecule has 0 radical (unpaired) electrons. The maximum atomic E-state index is 11.0. The third kappa shape index (κ3) is 4.22. The van der Waals surface area contributed by atoms with Gasteiger partial charge in [-0.25, -0.2) is 0 Å². The number of nitrogens with one attached hydrogen (secondary N) is 1. The molecule has 1 aromatic heterocycles. The molecule has 1 aromatic rings. The van der Waals surface area contributed by atoms with Crippen molar-refractivity contribution in [1.82, 2.24) is 9.55 Å². The Morgan fingerprint density at radius 2 is 2.11 bits per heavy atom. The molecular weight excluding hydrogens is 244 g/mol. The minimum atomic E-state index is -0.431. The average Bonchev–Trinajstić information content (AvgIpc) is 2.63. The second-order valence-electron chi connectivity index (χ2n) is 5.04. The van der Waals surface area contributed by atoms with Crippen molar-refractivity contribution in [3.63, 3.8) is 0 Å². The summed E-state index contributed by atoms with van der Waals surface area (Å²) >= 11 is 0. The summed E-state index contributed by atoms with van der Waals surface area (Å²) in [6.07, 6.45) is 5.84. The first-order valence-corrected chi connectivity index (χ1v) is 6.91. The molecule has 1 heterocycles. The zero-order chi connectivity index (χ0) is 14.4. The van der Waals surface area contributed by atoms with Crippen LogP contribution in [0.15, 0.2) is 0 Å². The molecule has 1 unspecified atom stereocenters. The Morgan fingerprint density at radius 1 is 1.42 bits per heavy atom. The molecule has 0 bridgehead atoms. The van der Waals surface area contributed by atoms with Crippen molar-refractivity contribution in [3.05, 3.63) is 15.9 Å². The lowest BCUT2D eigenvalue weighted by Gasteiger charge is -2.14. The van der Waals surface area contributed by atoms with E-state index in [1.54, 1.807) is 18.5 Å². The quantitative estimate of drug-likeness (QED) is 0.445. The summed E-state index contributed by atoms with van der Waals surface area (Å²) in [5.74, 6) is 1.07. The van der Waals surface area contributed by atoms with Crippen molar-refractivity contribution in [2.75, 3.05) is 5.32 Å². The molecule has 0 aromatic carbocycles. The monoisotopic (exact) mass is 268 g/mol. The van der Waals surface area contributed by atoms with E-state index in [4.69, 9.17) is 0 Å². The summed E-state index contributed by atoms with van der Waals surface area (Å²) in [5.41, 5.74) is 0. The van der Waals surface area contributed by atoms with E-state index in [-0.39, 0.29) is 11.9 Å².